The van der Waals surface area contributed by atoms with E-state index in [2.05, 4.69) is 40.6 Å². The van der Waals surface area contributed by atoms with E-state index in [1.54, 1.807) is 6.92 Å². The van der Waals surface area contributed by atoms with Crippen LogP contribution in [0.4, 0.5) is 0 Å². The molecule has 0 N–H and O–H groups in total. The number of aromatic nitrogens is 2. The maximum absolute atomic E-state index is 12.0. The number of likely N-dealkylation sites (tertiary alicyclic amines) is 1. The Morgan fingerprint density at radius 1 is 1.48 bits per heavy atom. The molecule has 108 valence electrons. The first-order chi connectivity index (χ1) is 10.2. The van der Waals surface area contributed by atoms with Crippen molar-refractivity contribution < 1.29 is 4.79 Å². The van der Waals surface area contributed by atoms with Gasteiger partial charge in [-0.2, -0.15) is 0 Å². The van der Waals surface area contributed by atoms with E-state index in [-0.39, 0.29) is 5.91 Å². The van der Waals surface area contributed by atoms with Crippen molar-refractivity contribution in [1.82, 2.24) is 14.5 Å². The van der Waals surface area contributed by atoms with Crippen LogP contribution in [0.3, 0.4) is 0 Å². The summed E-state index contributed by atoms with van der Waals surface area (Å²) in [5.41, 5.74) is 2.26. The first-order valence-electron chi connectivity index (χ1n) is 7.32. The van der Waals surface area contributed by atoms with Crippen molar-refractivity contribution in [2.75, 3.05) is 13.1 Å². The van der Waals surface area contributed by atoms with E-state index in [4.69, 9.17) is 0 Å². The van der Waals surface area contributed by atoms with Crippen molar-refractivity contribution in [3.63, 3.8) is 0 Å². The second kappa shape index (κ2) is 5.61. The minimum Gasteiger partial charge on any atom is -0.332 e. The summed E-state index contributed by atoms with van der Waals surface area (Å²) < 4.78 is 2.15. The normalized spacial score (nSPS) is 18.4. The molecule has 0 bridgehead atoms. The predicted octanol–water partition coefficient (Wildman–Crippen LogP) is 2.30. The maximum atomic E-state index is 12.0. The maximum Gasteiger partial charge on any atom is 0.298 e. The topological polar surface area (TPSA) is 38.1 Å². The largest absolute Gasteiger partial charge is 0.332 e. The number of carbonyl (C=O) groups excluding carboxylic acids is 1. The lowest BCUT2D eigenvalue weighted by Gasteiger charge is -2.31. The number of nitrogens with zero attached hydrogens (tertiary/aromatic N) is 3. The van der Waals surface area contributed by atoms with Gasteiger partial charge >= 0.3 is 0 Å². The zero-order chi connectivity index (χ0) is 14.8. The van der Waals surface area contributed by atoms with Gasteiger partial charge in [0.05, 0.1) is 0 Å². The van der Waals surface area contributed by atoms with Crippen LogP contribution in [-0.4, -0.2) is 33.4 Å². The standard InChI is InChI=1S/C17H19N3O/c1-3-6-16(21)20-10-5-8-14(12-20)15-11-13-7-4-9-18-17(13)19(15)2/h4,7,9,11,14H,5,8,10,12H2,1-2H3. The Balaban J connectivity index is 1.89. The van der Waals surface area contributed by atoms with E-state index in [0.29, 0.717) is 5.92 Å². The number of pyridine rings is 1. The number of aryl methyl sites for hydroxylation is 1. The van der Waals surface area contributed by atoms with Gasteiger partial charge in [0.25, 0.3) is 5.91 Å². The lowest BCUT2D eigenvalue weighted by atomic mass is 9.94. The molecule has 4 heteroatoms. The third kappa shape index (κ3) is 2.52. The zero-order valence-electron chi connectivity index (χ0n) is 12.5. The monoisotopic (exact) mass is 281 g/mol. The summed E-state index contributed by atoms with van der Waals surface area (Å²) in [6.45, 7) is 3.26. The van der Waals surface area contributed by atoms with Crippen LogP contribution < -0.4 is 0 Å². The minimum atomic E-state index is -0.0564. The first kappa shape index (κ1) is 13.7. The fourth-order valence-electron chi connectivity index (χ4n) is 3.16. The molecule has 2 aromatic rings. The third-order valence-electron chi connectivity index (χ3n) is 4.18. The lowest BCUT2D eigenvalue weighted by Crippen LogP contribution is -2.38. The Kier molecular flexibility index (Phi) is 3.66. The molecule has 1 amide bonds. The van der Waals surface area contributed by atoms with Crippen LogP contribution in [0.5, 0.6) is 0 Å². The number of rotatable bonds is 1. The Morgan fingerprint density at radius 3 is 3.10 bits per heavy atom. The van der Waals surface area contributed by atoms with Gasteiger partial charge in [-0.15, -0.1) is 0 Å². The molecule has 4 nitrogen and oxygen atoms in total. The smallest absolute Gasteiger partial charge is 0.298 e. The highest BCUT2D eigenvalue weighted by molar-refractivity contribution is 5.93. The van der Waals surface area contributed by atoms with E-state index in [1.165, 1.54) is 5.69 Å². The fraction of sp³-hybridized carbons (Fsp3) is 0.412. The summed E-state index contributed by atoms with van der Waals surface area (Å²) in [5, 5.41) is 1.16. The second-order valence-electron chi connectivity index (χ2n) is 5.51. The quantitative estimate of drug-likeness (QED) is 0.752. The van der Waals surface area contributed by atoms with Crippen molar-refractivity contribution >= 4 is 16.9 Å². The first-order valence-corrected chi connectivity index (χ1v) is 7.32. The van der Waals surface area contributed by atoms with Gasteiger partial charge in [-0.25, -0.2) is 4.98 Å². The minimum absolute atomic E-state index is 0.0564. The van der Waals surface area contributed by atoms with Crippen molar-refractivity contribution in [2.24, 2.45) is 7.05 Å². The molecule has 0 spiro atoms. The van der Waals surface area contributed by atoms with Gasteiger partial charge < -0.3 is 9.47 Å². The number of fused-ring (bicyclic) bond motifs is 1. The van der Waals surface area contributed by atoms with E-state index in [9.17, 15) is 4.79 Å². The van der Waals surface area contributed by atoms with Gasteiger partial charge in [0.2, 0.25) is 0 Å². The van der Waals surface area contributed by atoms with Gasteiger partial charge in [-0.3, -0.25) is 4.79 Å². The summed E-state index contributed by atoms with van der Waals surface area (Å²) in [6.07, 6.45) is 3.95. The van der Waals surface area contributed by atoms with Crippen molar-refractivity contribution in [3.8, 4) is 11.8 Å². The molecule has 0 aliphatic carbocycles. The van der Waals surface area contributed by atoms with E-state index >= 15 is 0 Å². The number of piperidine rings is 1. The molecule has 3 heterocycles. The summed E-state index contributed by atoms with van der Waals surface area (Å²) >= 11 is 0. The van der Waals surface area contributed by atoms with Crippen molar-refractivity contribution in [1.29, 1.82) is 0 Å². The van der Waals surface area contributed by atoms with Gasteiger partial charge in [0.1, 0.15) is 5.65 Å². The van der Waals surface area contributed by atoms with Crippen LogP contribution in [0, 0.1) is 11.8 Å². The Labute approximate surface area is 124 Å². The number of carbonyl (C=O) groups is 1. The van der Waals surface area contributed by atoms with Crippen LogP contribution >= 0.6 is 0 Å². The number of amides is 1. The number of hydrogen-bond donors (Lipinski definition) is 0. The van der Waals surface area contributed by atoms with Crippen LogP contribution in [0.1, 0.15) is 31.4 Å². The van der Waals surface area contributed by atoms with Crippen molar-refractivity contribution in [3.05, 3.63) is 30.1 Å². The molecule has 1 atom stereocenters. The van der Waals surface area contributed by atoms with E-state index in [1.807, 2.05) is 17.2 Å². The summed E-state index contributed by atoms with van der Waals surface area (Å²) in [6, 6.07) is 6.24. The van der Waals surface area contributed by atoms with Crippen LogP contribution in [0.15, 0.2) is 24.4 Å². The Bertz CT molecular complexity index is 735. The molecule has 1 fully saturated rings. The zero-order valence-corrected chi connectivity index (χ0v) is 12.5. The molecule has 2 aromatic heterocycles. The highest BCUT2D eigenvalue weighted by Crippen LogP contribution is 2.30. The molecule has 0 aromatic carbocycles. The molecule has 0 saturated carbocycles. The van der Waals surface area contributed by atoms with Gasteiger partial charge in [-0.1, -0.05) is 5.92 Å². The van der Waals surface area contributed by atoms with Gasteiger partial charge in [0.15, 0.2) is 0 Å². The molecule has 1 saturated heterocycles. The Hall–Kier alpha value is -2.28. The molecule has 1 aliphatic rings. The molecular weight excluding hydrogens is 262 g/mol. The molecule has 1 unspecified atom stereocenters. The summed E-state index contributed by atoms with van der Waals surface area (Å²) in [4.78, 5) is 18.3. The second-order valence-corrected chi connectivity index (χ2v) is 5.51. The van der Waals surface area contributed by atoms with Crippen LogP contribution in [0.25, 0.3) is 11.0 Å². The molecule has 1 aliphatic heterocycles. The number of hydrogen-bond acceptors (Lipinski definition) is 2. The predicted molar refractivity (Wildman–Crippen MR) is 82.7 cm³/mol. The van der Waals surface area contributed by atoms with E-state index in [0.717, 1.165) is 37.0 Å². The Morgan fingerprint density at radius 2 is 2.33 bits per heavy atom. The van der Waals surface area contributed by atoms with Crippen LogP contribution in [-0.2, 0) is 11.8 Å². The molecular formula is C17H19N3O. The average Bonchev–Trinajstić information content (AvgIpc) is 2.85. The summed E-state index contributed by atoms with van der Waals surface area (Å²) in [5.74, 6) is 5.65. The SMILES string of the molecule is CC#CC(=O)N1CCCC(c2cc3cccnc3n2C)C1. The van der Waals surface area contributed by atoms with Gasteiger partial charge in [-0.05, 0) is 43.9 Å². The lowest BCUT2D eigenvalue weighted by molar-refractivity contribution is -0.126. The molecule has 0 radical (unpaired) electrons. The van der Waals surface area contributed by atoms with E-state index < -0.39 is 0 Å². The van der Waals surface area contributed by atoms with Gasteiger partial charge in [0, 0.05) is 43.3 Å². The van der Waals surface area contributed by atoms with Crippen molar-refractivity contribution in [2.45, 2.75) is 25.7 Å². The average molecular weight is 281 g/mol. The highest BCUT2D eigenvalue weighted by atomic mass is 16.2. The van der Waals surface area contributed by atoms with Crippen LogP contribution in [0.2, 0.25) is 0 Å². The third-order valence-corrected chi connectivity index (χ3v) is 4.18. The highest BCUT2D eigenvalue weighted by Gasteiger charge is 2.26. The fourth-order valence-corrected chi connectivity index (χ4v) is 3.16. The summed E-state index contributed by atoms with van der Waals surface area (Å²) in [7, 11) is 2.05. The molecule has 3 rings (SSSR count). The molecule has 21 heavy (non-hydrogen) atoms.